The maximum absolute atomic E-state index is 13.2. The van der Waals surface area contributed by atoms with Gasteiger partial charge in [0.05, 0.1) is 0 Å². The van der Waals surface area contributed by atoms with Crippen LogP contribution in [-0.4, -0.2) is 21.8 Å². The summed E-state index contributed by atoms with van der Waals surface area (Å²) in [6.45, 7) is 0.362. The van der Waals surface area contributed by atoms with E-state index in [2.05, 4.69) is 25.6 Å². The Kier molecular flexibility index (Phi) is 6.55. The minimum atomic E-state index is -0.301. The summed E-state index contributed by atoms with van der Waals surface area (Å²) in [6, 6.07) is 10.0. The van der Waals surface area contributed by atoms with Crippen LogP contribution in [0.5, 0.6) is 0 Å². The third-order valence-corrected chi connectivity index (χ3v) is 3.82. The molecule has 0 radical (unpaired) electrons. The second-order valence-corrected chi connectivity index (χ2v) is 5.57. The van der Waals surface area contributed by atoms with Gasteiger partial charge in [0, 0.05) is 29.9 Å². The Morgan fingerprint density at radius 3 is 2.85 bits per heavy atom. The van der Waals surface area contributed by atoms with E-state index in [-0.39, 0.29) is 36.5 Å². The van der Waals surface area contributed by atoms with Crippen molar-refractivity contribution >= 4 is 53.8 Å². The SMILES string of the molecule is Cl.Cl.O=C1NC(NCc2cccc(F)c2)=NC1=Cc1c[nH]c2ncccc12. The van der Waals surface area contributed by atoms with Gasteiger partial charge in [0.25, 0.3) is 5.91 Å². The fraction of sp³-hybridized carbons (Fsp3) is 0.0556. The minimum absolute atomic E-state index is 0. The van der Waals surface area contributed by atoms with Gasteiger partial charge in [-0.05, 0) is 35.9 Å². The lowest BCUT2D eigenvalue weighted by atomic mass is 10.2. The van der Waals surface area contributed by atoms with Crippen molar-refractivity contribution in [2.75, 3.05) is 0 Å². The quantitative estimate of drug-likeness (QED) is 0.583. The number of carbonyl (C=O) groups excluding carboxylic acids is 1. The highest BCUT2D eigenvalue weighted by atomic mass is 35.5. The Morgan fingerprint density at radius 2 is 2.04 bits per heavy atom. The molecule has 0 saturated carbocycles. The number of carbonyl (C=O) groups is 1. The topological polar surface area (TPSA) is 82.2 Å². The Balaban J connectivity index is 0.00000131. The second kappa shape index (κ2) is 8.66. The molecule has 0 saturated heterocycles. The van der Waals surface area contributed by atoms with Crippen molar-refractivity contribution in [3.05, 3.63) is 71.4 Å². The number of guanidine groups is 1. The lowest BCUT2D eigenvalue weighted by molar-refractivity contribution is -0.115. The fourth-order valence-electron chi connectivity index (χ4n) is 2.63. The average molecular weight is 408 g/mol. The first-order chi connectivity index (χ1) is 12.2. The van der Waals surface area contributed by atoms with E-state index in [4.69, 9.17) is 0 Å². The second-order valence-electron chi connectivity index (χ2n) is 5.57. The van der Waals surface area contributed by atoms with Gasteiger partial charge < -0.3 is 10.3 Å². The summed E-state index contributed by atoms with van der Waals surface area (Å²) in [4.78, 5) is 23.6. The van der Waals surface area contributed by atoms with Crippen LogP contribution in [0, 0.1) is 5.82 Å². The monoisotopic (exact) mass is 407 g/mol. The van der Waals surface area contributed by atoms with E-state index in [1.807, 2.05) is 12.1 Å². The summed E-state index contributed by atoms with van der Waals surface area (Å²) in [5.74, 6) is -0.247. The maximum Gasteiger partial charge on any atom is 0.276 e. The number of fused-ring (bicyclic) bond motifs is 1. The predicted octanol–water partition coefficient (Wildman–Crippen LogP) is 3.16. The third-order valence-electron chi connectivity index (χ3n) is 3.82. The summed E-state index contributed by atoms with van der Waals surface area (Å²) in [5, 5.41) is 6.57. The number of aliphatic imine (C=N–C) groups is 1. The molecule has 0 bridgehead atoms. The minimum Gasteiger partial charge on any atom is -0.352 e. The molecule has 1 aliphatic rings. The van der Waals surface area contributed by atoms with Crippen LogP contribution in [0.1, 0.15) is 11.1 Å². The number of aromatic amines is 1. The summed E-state index contributed by atoms with van der Waals surface area (Å²) in [7, 11) is 0. The lowest BCUT2D eigenvalue weighted by Gasteiger charge is -2.05. The number of amides is 1. The standard InChI is InChI=1S/C18H14FN5O.2ClH/c19-13-4-1-3-11(7-13)9-22-18-23-15(17(25)24-18)8-12-10-21-16-14(12)5-2-6-20-16;;/h1-8,10H,9H2,(H,20,21)(H2,22,23,24,25);2*1H. The molecule has 3 N–H and O–H groups in total. The zero-order valence-corrected chi connectivity index (χ0v) is 15.5. The number of pyridine rings is 1. The van der Waals surface area contributed by atoms with E-state index in [0.717, 1.165) is 22.2 Å². The van der Waals surface area contributed by atoms with Gasteiger partial charge in [0.2, 0.25) is 5.96 Å². The van der Waals surface area contributed by atoms with E-state index in [9.17, 15) is 9.18 Å². The molecule has 1 aliphatic heterocycles. The van der Waals surface area contributed by atoms with E-state index in [0.29, 0.717) is 18.2 Å². The van der Waals surface area contributed by atoms with Crippen LogP contribution in [-0.2, 0) is 11.3 Å². The smallest absolute Gasteiger partial charge is 0.276 e. The first-order valence-electron chi connectivity index (χ1n) is 7.71. The van der Waals surface area contributed by atoms with Crippen LogP contribution in [0.4, 0.5) is 4.39 Å². The number of benzene rings is 1. The van der Waals surface area contributed by atoms with Crippen molar-refractivity contribution in [1.82, 2.24) is 20.6 Å². The van der Waals surface area contributed by atoms with Crippen molar-refractivity contribution in [1.29, 1.82) is 0 Å². The Labute approximate surface area is 166 Å². The van der Waals surface area contributed by atoms with Gasteiger partial charge in [0.15, 0.2) is 0 Å². The van der Waals surface area contributed by atoms with Crippen molar-refractivity contribution in [2.45, 2.75) is 6.54 Å². The van der Waals surface area contributed by atoms with Gasteiger partial charge in [-0.3, -0.25) is 10.1 Å². The first-order valence-corrected chi connectivity index (χ1v) is 7.71. The highest BCUT2D eigenvalue weighted by Crippen LogP contribution is 2.20. The molecule has 6 nitrogen and oxygen atoms in total. The van der Waals surface area contributed by atoms with Crippen molar-refractivity contribution in [3.8, 4) is 0 Å². The number of nitrogens with one attached hydrogen (secondary N) is 3. The molecular weight excluding hydrogens is 392 g/mol. The molecule has 9 heteroatoms. The molecule has 2 aromatic heterocycles. The predicted molar refractivity (Wildman–Crippen MR) is 107 cm³/mol. The average Bonchev–Trinajstić information content (AvgIpc) is 3.18. The summed E-state index contributed by atoms with van der Waals surface area (Å²) >= 11 is 0. The molecule has 140 valence electrons. The summed E-state index contributed by atoms with van der Waals surface area (Å²) in [6.07, 6.45) is 5.18. The molecule has 1 aromatic carbocycles. The van der Waals surface area contributed by atoms with E-state index in [1.54, 1.807) is 30.6 Å². The van der Waals surface area contributed by atoms with E-state index >= 15 is 0 Å². The number of H-pyrrole nitrogens is 1. The lowest BCUT2D eigenvalue weighted by Crippen LogP contribution is -2.35. The van der Waals surface area contributed by atoms with Gasteiger partial charge in [-0.25, -0.2) is 14.4 Å². The molecule has 3 aromatic rings. The molecule has 3 heterocycles. The van der Waals surface area contributed by atoms with Crippen LogP contribution in [0.15, 0.2) is 59.5 Å². The number of hydrogen-bond donors (Lipinski definition) is 3. The zero-order chi connectivity index (χ0) is 17.2. The molecule has 0 unspecified atom stereocenters. The molecule has 27 heavy (non-hydrogen) atoms. The molecular formula is C18H16Cl2FN5O. The Morgan fingerprint density at radius 1 is 1.19 bits per heavy atom. The summed E-state index contributed by atoms with van der Waals surface area (Å²) < 4.78 is 13.2. The highest BCUT2D eigenvalue weighted by Gasteiger charge is 2.20. The molecule has 0 atom stereocenters. The van der Waals surface area contributed by atoms with Gasteiger partial charge in [-0.1, -0.05) is 12.1 Å². The van der Waals surface area contributed by atoms with Crippen molar-refractivity contribution < 1.29 is 9.18 Å². The normalized spacial score (nSPS) is 14.3. The number of hydrogen-bond acceptors (Lipinski definition) is 4. The van der Waals surface area contributed by atoms with E-state index < -0.39 is 0 Å². The molecule has 4 rings (SSSR count). The fourth-order valence-corrected chi connectivity index (χ4v) is 2.63. The summed E-state index contributed by atoms with van der Waals surface area (Å²) in [5.41, 5.74) is 2.65. The van der Waals surface area contributed by atoms with Crippen LogP contribution in [0.25, 0.3) is 17.1 Å². The van der Waals surface area contributed by atoms with Gasteiger partial charge >= 0.3 is 0 Å². The number of rotatable bonds is 3. The zero-order valence-electron chi connectivity index (χ0n) is 13.9. The molecule has 0 spiro atoms. The number of nitrogens with zero attached hydrogens (tertiary/aromatic N) is 2. The van der Waals surface area contributed by atoms with Crippen LogP contribution in [0.2, 0.25) is 0 Å². The Bertz CT molecular complexity index is 1030. The molecule has 0 aliphatic carbocycles. The van der Waals surface area contributed by atoms with Gasteiger partial charge in [-0.2, -0.15) is 0 Å². The Hall–Kier alpha value is -2.90. The molecule has 0 fully saturated rings. The maximum atomic E-state index is 13.2. The van der Waals surface area contributed by atoms with Crippen LogP contribution < -0.4 is 10.6 Å². The number of aromatic nitrogens is 2. The highest BCUT2D eigenvalue weighted by molar-refractivity contribution is 6.14. The largest absolute Gasteiger partial charge is 0.352 e. The van der Waals surface area contributed by atoms with Crippen LogP contribution >= 0.6 is 24.8 Å². The first kappa shape index (κ1) is 20.4. The molecule has 1 amide bonds. The van der Waals surface area contributed by atoms with Crippen molar-refractivity contribution in [2.24, 2.45) is 4.99 Å². The van der Waals surface area contributed by atoms with Crippen LogP contribution in [0.3, 0.4) is 0 Å². The van der Waals surface area contributed by atoms with Gasteiger partial charge in [0.1, 0.15) is 17.2 Å². The third kappa shape index (κ3) is 4.45. The van der Waals surface area contributed by atoms with Gasteiger partial charge in [-0.15, -0.1) is 24.8 Å². The van der Waals surface area contributed by atoms with Crippen molar-refractivity contribution in [3.63, 3.8) is 0 Å². The number of halogens is 3. The van der Waals surface area contributed by atoms with E-state index in [1.165, 1.54) is 12.1 Å².